The lowest BCUT2D eigenvalue weighted by Gasteiger charge is -2.06. The van der Waals surface area contributed by atoms with Crippen molar-refractivity contribution in [1.82, 2.24) is 39.1 Å². The van der Waals surface area contributed by atoms with Crippen LogP contribution in [0.5, 0.6) is 0 Å². The minimum atomic E-state index is -0.456. The van der Waals surface area contributed by atoms with Crippen molar-refractivity contribution in [3.05, 3.63) is 76.0 Å². The molecular formula is C21H17Cl2N9O. The summed E-state index contributed by atoms with van der Waals surface area (Å²) in [5, 5.41) is 16.7. The summed E-state index contributed by atoms with van der Waals surface area (Å²) < 4.78 is 4.93. The largest absolute Gasteiger partial charge is 0.288 e. The second kappa shape index (κ2) is 8.30. The molecule has 166 valence electrons. The molecule has 5 aromatic rings. The van der Waals surface area contributed by atoms with Gasteiger partial charge in [-0.3, -0.25) is 14.8 Å². The predicted molar refractivity (Wildman–Crippen MR) is 123 cm³/mol. The Balaban J connectivity index is 1.38. The summed E-state index contributed by atoms with van der Waals surface area (Å²) in [6.45, 7) is 2.27. The Kier molecular flexibility index (Phi) is 5.31. The van der Waals surface area contributed by atoms with Gasteiger partial charge < -0.3 is 0 Å². The van der Waals surface area contributed by atoms with Crippen LogP contribution in [0.1, 0.15) is 21.7 Å². The second-order valence-corrected chi connectivity index (χ2v) is 8.13. The van der Waals surface area contributed by atoms with Gasteiger partial charge in [-0.25, -0.2) is 19.2 Å². The maximum atomic E-state index is 12.8. The molecule has 1 aromatic carbocycles. The van der Waals surface area contributed by atoms with Crippen molar-refractivity contribution in [1.29, 1.82) is 0 Å². The van der Waals surface area contributed by atoms with E-state index < -0.39 is 5.91 Å². The van der Waals surface area contributed by atoms with Crippen LogP contribution in [0.25, 0.3) is 16.9 Å². The molecule has 33 heavy (non-hydrogen) atoms. The zero-order valence-corrected chi connectivity index (χ0v) is 19.1. The highest BCUT2D eigenvalue weighted by molar-refractivity contribution is 6.35. The van der Waals surface area contributed by atoms with E-state index >= 15 is 0 Å². The van der Waals surface area contributed by atoms with E-state index in [-0.39, 0.29) is 11.6 Å². The number of aromatic nitrogens is 8. The van der Waals surface area contributed by atoms with Gasteiger partial charge in [0.05, 0.1) is 18.4 Å². The number of rotatable bonds is 5. The zero-order valence-electron chi connectivity index (χ0n) is 17.6. The summed E-state index contributed by atoms with van der Waals surface area (Å²) >= 11 is 12.4. The van der Waals surface area contributed by atoms with Crippen molar-refractivity contribution < 1.29 is 4.79 Å². The lowest BCUT2D eigenvalue weighted by Crippen LogP contribution is -2.14. The summed E-state index contributed by atoms with van der Waals surface area (Å²) in [6.07, 6.45) is 4.92. The molecule has 0 saturated carbocycles. The van der Waals surface area contributed by atoms with Gasteiger partial charge in [0.25, 0.3) is 5.91 Å². The number of carbonyl (C=O) groups excluding carboxylic acids is 1. The summed E-state index contributed by atoms with van der Waals surface area (Å²) in [5.74, 6) is -0.320. The zero-order chi connectivity index (χ0) is 23.1. The van der Waals surface area contributed by atoms with Crippen molar-refractivity contribution in [3.8, 4) is 11.3 Å². The van der Waals surface area contributed by atoms with Crippen molar-refractivity contribution in [2.75, 3.05) is 5.32 Å². The van der Waals surface area contributed by atoms with Gasteiger partial charge in [0.1, 0.15) is 6.33 Å². The number of carbonyl (C=O) groups is 1. The van der Waals surface area contributed by atoms with Gasteiger partial charge in [-0.2, -0.15) is 10.2 Å². The van der Waals surface area contributed by atoms with Gasteiger partial charge in [0, 0.05) is 46.2 Å². The summed E-state index contributed by atoms with van der Waals surface area (Å²) in [7, 11) is 1.87. The van der Waals surface area contributed by atoms with E-state index in [4.69, 9.17) is 23.2 Å². The highest BCUT2D eigenvalue weighted by Crippen LogP contribution is 2.25. The van der Waals surface area contributed by atoms with Gasteiger partial charge >= 0.3 is 0 Å². The fraction of sp³-hybridized carbons (Fsp3) is 0.143. The van der Waals surface area contributed by atoms with Crippen molar-refractivity contribution in [2.24, 2.45) is 7.05 Å². The fourth-order valence-corrected chi connectivity index (χ4v) is 3.92. The molecular weight excluding hydrogens is 465 g/mol. The third-order valence-electron chi connectivity index (χ3n) is 5.25. The molecule has 0 radical (unpaired) electrons. The predicted octanol–water partition coefficient (Wildman–Crippen LogP) is 3.64. The van der Waals surface area contributed by atoms with Crippen LogP contribution in [-0.4, -0.2) is 45.1 Å². The molecule has 1 N–H and O–H groups in total. The number of halogens is 2. The lowest BCUT2D eigenvalue weighted by atomic mass is 10.2. The van der Waals surface area contributed by atoms with Crippen LogP contribution in [0, 0.1) is 6.92 Å². The minimum absolute atomic E-state index is 0.136. The standard InChI is InChI=1S/C21H17Cl2N9O/c1-12-13(9-26-30(12)2)18-6-7-24-19-8-17(28-32(18)19)20(33)27-21-25-11-31(29-21)10-14-15(22)4-3-5-16(14)23/h3-9,11H,10H2,1-2H3,(H,27,29,33). The number of hydrogen-bond donors (Lipinski definition) is 1. The molecule has 12 heteroatoms. The molecule has 0 aliphatic heterocycles. The number of fused-ring (bicyclic) bond motifs is 1. The average Bonchev–Trinajstić information content (AvgIpc) is 3.50. The molecule has 10 nitrogen and oxygen atoms in total. The quantitative estimate of drug-likeness (QED) is 0.410. The molecule has 0 fully saturated rings. The van der Waals surface area contributed by atoms with Crippen molar-refractivity contribution in [2.45, 2.75) is 13.5 Å². The van der Waals surface area contributed by atoms with Crippen molar-refractivity contribution in [3.63, 3.8) is 0 Å². The molecule has 1 amide bonds. The molecule has 0 bridgehead atoms. The first-order valence-corrected chi connectivity index (χ1v) is 10.6. The van der Waals surface area contributed by atoms with Crippen LogP contribution in [0.4, 0.5) is 5.95 Å². The third kappa shape index (κ3) is 3.94. The molecule has 4 heterocycles. The number of anilines is 1. The van der Waals surface area contributed by atoms with Gasteiger partial charge in [-0.15, -0.1) is 5.10 Å². The first kappa shape index (κ1) is 21.1. The first-order valence-electron chi connectivity index (χ1n) is 9.88. The van der Waals surface area contributed by atoms with Gasteiger partial charge in [0.15, 0.2) is 11.3 Å². The van der Waals surface area contributed by atoms with Gasteiger partial charge in [-0.05, 0) is 25.1 Å². The smallest absolute Gasteiger partial charge is 0.278 e. The van der Waals surface area contributed by atoms with Crippen LogP contribution >= 0.6 is 23.2 Å². The van der Waals surface area contributed by atoms with Gasteiger partial charge in [-0.1, -0.05) is 29.3 Å². The Morgan fingerprint density at radius 2 is 1.91 bits per heavy atom. The number of hydrogen-bond acceptors (Lipinski definition) is 6. The van der Waals surface area contributed by atoms with E-state index in [2.05, 4.69) is 30.6 Å². The van der Waals surface area contributed by atoms with E-state index in [1.807, 2.05) is 20.0 Å². The Labute approximate surface area is 197 Å². The Hall–Kier alpha value is -3.76. The van der Waals surface area contributed by atoms with E-state index in [1.165, 1.54) is 11.0 Å². The van der Waals surface area contributed by atoms with Crippen LogP contribution in [-0.2, 0) is 13.6 Å². The molecule has 0 aliphatic rings. The molecule has 0 atom stereocenters. The first-order chi connectivity index (χ1) is 15.9. The van der Waals surface area contributed by atoms with E-state index in [0.29, 0.717) is 27.8 Å². The highest BCUT2D eigenvalue weighted by Gasteiger charge is 2.18. The fourth-order valence-electron chi connectivity index (χ4n) is 3.40. The maximum Gasteiger partial charge on any atom is 0.278 e. The minimum Gasteiger partial charge on any atom is -0.288 e. The molecule has 0 unspecified atom stereocenters. The number of benzene rings is 1. The molecule has 0 saturated heterocycles. The van der Waals surface area contributed by atoms with E-state index in [9.17, 15) is 4.79 Å². The third-order valence-corrected chi connectivity index (χ3v) is 5.95. The van der Waals surface area contributed by atoms with Crippen LogP contribution in [0.3, 0.4) is 0 Å². The maximum absolute atomic E-state index is 12.8. The Bertz CT molecular complexity index is 1480. The van der Waals surface area contributed by atoms with Crippen LogP contribution in [0.2, 0.25) is 10.0 Å². The number of amides is 1. The second-order valence-electron chi connectivity index (χ2n) is 7.32. The van der Waals surface area contributed by atoms with Crippen LogP contribution < -0.4 is 5.32 Å². The monoisotopic (exact) mass is 481 g/mol. The number of nitrogens with one attached hydrogen (secondary N) is 1. The SMILES string of the molecule is Cc1c(-c2ccnc3cc(C(=O)Nc4ncn(Cc5c(Cl)cccc5Cl)n4)nn23)cnn1C. The van der Waals surface area contributed by atoms with E-state index in [0.717, 1.165) is 17.0 Å². The van der Waals surface area contributed by atoms with Crippen LogP contribution in [0.15, 0.2) is 49.1 Å². The molecule has 0 aliphatic carbocycles. The van der Waals surface area contributed by atoms with E-state index in [1.54, 1.807) is 45.9 Å². The Morgan fingerprint density at radius 1 is 1.12 bits per heavy atom. The average molecular weight is 482 g/mol. The molecule has 5 rings (SSSR count). The summed E-state index contributed by atoms with van der Waals surface area (Å²) in [4.78, 5) is 21.3. The topological polar surface area (TPSA) is 108 Å². The molecule has 0 spiro atoms. The molecule has 4 aromatic heterocycles. The highest BCUT2D eigenvalue weighted by atomic mass is 35.5. The van der Waals surface area contributed by atoms with Crippen molar-refractivity contribution >= 4 is 40.7 Å². The Morgan fingerprint density at radius 3 is 2.64 bits per heavy atom. The normalized spacial score (nSPS) is 11.3. The summed E-state index contributed by atoms with van der Waals surface area (Å²) in [5.41, 5.74) is 4.09. The number of aryl methyl sites for hydroxylation is 1. The lowest BCUT2D eigenvalue weighted by molar-refractivity contribution is 0.102. The summed E-state index contributed by atoms with van der Waals surface area (Å²) in [6, 6.07) is 8.70. The van der Waals surface area contributed by atoms with Gasteiger partial charge in [0.2, 0.25) is 5.95 Å². The number of nitrogens with zero attached hydrogens (tertiary/aromatic N) is 8.